The molecular weight excluding hydrogens is 316 g/mol. The monoisotopic (exact) mass is 332 g/mol. The molecule has 0 spiro atoms. The number of nitrogens with zero attached hydrogens (tertiary/aromatic N) is 5. The number of hydrogen-bond acceptors (Lipinski definition) is 4. The molecule has 0 saturated heterocycles. The van der Waals surface area contributed by atoms with Crippen LogP contribution in [0, 0.1) is 0 Å². The lowest BCUT2D eigenvalue weighted by Gasteiger charge is -2.17. The molecule has 0 aliphatic rings. The Morgan fingerprint density at radius 3 is 2.68 bits per heavy atom. The molecular formula is C18H16N6O. The van der Waals surface area contributed by atoms with Crippen LogP contribution in [0.15, 0.2) is 67.1 Å². The first-order valence-electron chi connectivity index (χ1n) is 7.86. The molecule has 0 saturated carbocycles. The summed E-state index contributed by atoms with van der Waals surface area (Å²) in [6, 6.07) is 16.6. The van der Waals surface area contributed by atoms with Gasteiger partial charge in [0.05, 0.1) is 5.69 Å². The van der Waals surface area contributed by atoms with E-state index >= 15 is 0 Å². The highest BCUT2D eigenvalue weighted by Gasteiger charge is 2.24. The van der Waals surface area contributed by atoms with Gasteiger partial charge in [-0.2, -0.15) is 0 Å². The van der Waals surface area contributed by atoms with Crippen LogP contribution in [0.3, 0.4) is 0 Å². The van der Waals surface area contributed by atoms with Crippen LogP contribution in [0.2, 0.25) is 0 Å². The fourth-order valence-corrected chi connectivity index (χ4v) is 2.96. The minimum Gasteiger partial charge on any atom is -0.350 e. The van der Waals surface area contributed by atoms with E-state index in [1.54, 1.807) is 0 Å². The van der Waals surface area contributed by atoms with Gasteiger partial charge in [0.1, 0.15) is 6.33 Å². The Balaban J connectivity index is 1.72. The van der Waals surface area contributed by atoms with Crippen molar-refractivity contribution in [1.29, 1.82) is 0 Å². The SMILES string of the molecule is Cn1ccc2c(NC(=O)C(c3ccccc3)n3cnnn3)cccc21. The molecule has 0 aliphatic heterocycles. The molecule has 1 N–H and O–H groups in total. The summed E-state index contributed by atoms with van der Waals surface area (Å²) in [7, 11) is 1.97. The Bertz CT molecular complexity index is 1010. The third-order valence-corrected chi connectivity index (χ3v) is 4.18. The molecule has 124 valence electrons. The van der Waals surface area contributed by atoms with Crippen LogP contribution in [0.5, 0.6) is 0 Å². The van der Waals surface area contributed by atoms with Crippen LogP contribution in [0.4, 0.5) is 5.69 Å². The van der Waals surface area contributed by atoms with Crippen LogP contribution in [-0.2, 0) is 11.8 Å². The van der Waals surface area contributed by atoms with Gasteiger partial charge in [0.25, 0.3) is 5.91 Å². The first-order valence-corrected chi connectivity index (χ1v) is 7.86. The Hall–Kier alpha value is -3.48. The molecule has 2 heterocycles. The maximum Gasteiger partial charge on any atom is 0.253 e. The molecule has 0 bridgehead atoms. The number of carbonyl (C=O) groups excluding carboxylic acids is 1. The third-order valence-electron chi connectivity index (χ3n) is 4.18. The lowest BCUT2D eigenvalue weighted by atomic mass is 10.1. The van der Waals surface area contributed by atoms with Crippen molar-refractivity contribution in [1.82, 2.24) is 24.8 Å². The summed E-state index contributed by atoms with van der Waals surface area (Å²) in [6.45, 7) is 0. The van der Waals surface area contributed by atoms with Crippen LogP contribution in [0.1, 0.15) is 11.6 Å². The summed E-state index contributed by atoms with van der Waals surface area (Å²) in [5, 5.41) is 15.2. The molecule has 7 nitrogen and oxygen atoms in total. The van der Waals surface area contributed by atoms with Gasteiger partial charge in [0, 0.05) is 24.1 Å². The molecule has 7 heteroatoms. The van der Waals surface area contributed by atoms with Gasteiger partial charge in [-0.3, -0.25) is 4.79 Å². The van der Waals surface area contributed by atoms with Crippen molar-refractivity contribution < 1.29 is 4.79 Å². The highest BCUT2D eigenvalue weighted by molar-refractivity contribution is 6.03. The summed E-state index contributed by atoms with van der Waals surface area (Å²) >= 11 is 0. The maximum atomic E-state index is 13.0. The maximum absolute atomic E-state index is 13.0. The number of rotatable bonds is 4. The van der Waals surface area contributed by atoms with E-state index in [1.165, 1.54) is 11.0 Å². The highest BCUT2D eigenvalue weighted by Crippen LogP contribution is 2.26. The van der Waals surface area contributed by atoms with Crippen molar-refractivity contribution >= 4 is 22.5 Å². The van der Waals surface area contributed by atoms with E-state index in [4.69, 9.17) is 0 Å². The Labute approximate surface area is 143 Å². The van der Waals surface area contributed by atoms with Gasteiger partial charge < -0.3 is 9.88 Å². The van der Waals surface area contributed by atoms with E-state index in [-0.39, 0.29) is 5.91 Å². The van der Waals surface area contributed by atoms with E-state index in [1.807, 2.05) is 72.4 Å². The smallest absolute Gasteiger partial charge is 0.253 e. The zero-order valence-electron chi connectivity index (χ0n) is 13.6. The summed E-state index contributed by atoms with van der Waals surface area (Å²) in [5.41, 5.74) is 2.63. The number of fused-ring (bicyclic) bond motifs is 1. The van der Waals surface area contributed by atoms with Crippen molar-refractivity contribution in [2.45, 2.75) is 6.04 Å². The van der Waals surface area contributed by atoms with E-state index in [0.29, 0.717) is 0 Å². The number of hydrogen-bond donors (Lipinski definition) is 1. The molecule has 4 aromatic rings. The molecule has 0 fully saturated rings. The number of nitrogens with one attached hydrogen (secondary N) is 1. The quantitative estimate of drug-likeness (QED) is 0.622. The second-order valence-electron chi connectivity index (χ2n) is 5.76. The van der Waals surface area contributed by atoms with Crippen LogP contribution in [0.25, 0.3) is 10.9 Å². The summed E-state index contributed by atoms with van der Waals surface area (Å²) in [6.07, 6.45) is 3.41. The van der Waals surface area contributed by atoms with E-state index in [9.17, 15) is 4.79 Å². The second-order valence-corrected chi connectivity index (χ2v) is 5.76. The van der Waals surface area contributed by atoms with E-state index in [0.717, 1.165) is 22.2 Å². The topological polar surface area (TPSA) is 77.6 Å². The van der Waals surface area contributed by atoms with Crippen molar-refractivity contribution in [3.63, 3.8) is 0 Å². The predicted octanol–water partition coefficient (Wildman–Crippen LogP) is 2.39. The second kappa shape index (κ2) is 6.20. The number of aryl methyl sites for hydroxylation is 1. The van der Waals surface area contributed by atoms with E-state index in [2.05, 4.69) is 20.8 Å². The standard InChI is InChI=1S/C18H16N6O/c1-23-11-10-14-15(8-5-9-16(14)23)20-18(25)17(24-12-19-21-22-24)13-6-3-2-4-7-13/h2-12,17H,1H3,(H,20,25). The Kier molecular flexibility index (Phi) is 3.74. The van der Waals surface area contributed by atoms with Gasteiger partial charge in [-0.05, 0) is 34.2 Å². The molecule has 25 heavy (non-hydrogen) atoms. The van der Waals surface area contributed by atoms with Crippen molar-refractivity contribution in [3.05, 3.63) is 72.7 Å². The number of tetrazole rings is 1. The first-order chi connectivity index (χ1) is 12.2. The molecule has 4 rings (SSSR count). The largest absolute Gasteiger partial charge is 0.350 e. The fraction of sp³-hybridized carbons (Fsp3) is 0.111. The lowest BCUT2D eigenvalue weighted by molar-refractivity contribution is -0.118. The van der Waals surface area contributed by atoms with Gasteiger partial charge in [0.2, 0.25) is 0 Å². The number of carbonyl (C=O) groups is 1. The summed E-state index contributed by atoms with van der Waals surface area (Å²) < 4.78 is 3.47. The average Bonchev–Trinajstić information content (AvgIpc) is 3.28. The number of amides is 1. The average molecular weight is 332 g/mol. The van der Waals surface area contributed by atoms with Crippen LogP contribution < -0.4 is 5.32 Å². The molecule has 1 unspecified atom stereocenters. The molecule has 1 atom stereocenters. The summed E-state index contributed by atoms with van der Waals surface area (Å²) in [5.74, 6) is -0.199. The highest BCUT2D eigenvalue weighted by atomic mass is 16.2. The number of anilines is 1. The zero-order valence-corrected chi connectivity index (χ0v) is 13.6. The van der Waals surface area contributed by atoms with E-state index < -0.39 is 6.04 Å². The number of benzene rings is 2. The Morgan fingerprint density at radius 2 is 1.92 bits per heavy atom. The minimum atomic E-state index is -0.643. The van der Waals surface area contributed by atoms with Crippen LogP contribution in [-0.4, -0.2) is 30.7 Å². The molecule has 2 aromatic carbocycles. The lowest BCUT2D eigenvalue weighted by Crippen LogP contribution is -2.27. The molecule has 0 aliphatic carbocycles. The van der Waals surface area contributed by atoms with Gasteiger partial charge in [-0.1, -0.05) is 36.4 Å². The molecule has 1 amide bonds. The van der Waals surface area contributed by atoms with Crippen molar-refractivity contribution in [2.24, 2.45) is 7.05 Å². The van der Waals surface area contributed by atoms with Crippen molar-refractivity contribution in [3.8, 4) is 0 Å². The van der Waals surface area contributed by atoms with Crippen molar-refractivity contribution in [2.75, 3.05) is 5.32 Å². The normalized spacial score (nSPS) is 12.2. The zero-order chi connectivity index (χ0) is 17.2. The number of aromatic nitrogens is 5. The third kappa shape index (κ3) is 2.76. The van der Waals surface area contributed by atoms with Gasteiger partial charge in [0.15, 0.2) is 6.04 Å². The van der Waals surface area contributed by atoms with Gasteiger partial charge in [-0.15, -0.1) is 5.10 Å². The van der Waals surface area contributed by atoms with Gasteiger partial charge in [-0.25, -0.2) is 4.68 Å². The minimum absolute atomic E-state index is 0.199. The Morgan fingerprint density at radius 1 is 1.08 bits per heavy atom. The first kappa shape index (κ1) is 15.1. The molecule has 2 aromatic heterocycles. The summed E-state index contributed by atoms with van der Waals surface area (Å²) in [4.78, 5) is 13.0. The van der Waals surface area contributed by atoms with Gasteiger partial charge >= 0.3 is 0 Å². The fourth-order valence-electron chi connectivity index (χ4n) is 2.96. The predicted molar refractivity (Wildman–Crippen MR) is 93.9 cm³/mol. The van der Waals surface area contributed by atoms with Crippen LogP contribution >= 0.6 is 0 Å². The molecule has 0 radical (unpaired) electrons.